The molecule has 1 aliphatic heterocycles. The van der Waals surface area contributed by atoms with E-state index >= 15 is 0 Å². The highest BCUT2D eigenvalue weighted by molar-refractivity contribution is 5.83. The Kier molecular flexibility index (Phi) is 4.68. The van der Waals surface area contributed by atoms with Gasteiger partial charge in [0.2, 0.25) is 11.8 Å². The van der Waals surface area contributed by atoms with Crippen LogP contribution in [0.25, 0.3) is 0 Å². The molecule has 2 rings (SSSR count). The molecule has 1 saturated carbocycles. The van der Waals surface area contributed by atoms with Crippen LogP contribution in [-0.2, 0) is 9.59 Å². The Morgan fingerprint density at radius 3 is 2.40 bits per heavy atom. The van der Waals surface area contributed by atoms with E-state index in [1.54, 1.807) is 0 Å². The number of carbonyl (C=O) groups excluding carboxylic acids is 2. The molecule has 4 N–H and O–H groups in total. The number of piperidine rings is 1. The number of primary amides is 1. The van der Waals surface area contributed by atoms with Crippen molar-refractivity contribution < 1.29 is 9.59 Å². The van der Waals surface area contributed by atoms with E-state index < -0.39 is 0 Å². The molecule has 0 spiro atoms. The predicted octanol–water partition coefficient (Wildman–Crippen LogP) is 0.925. The van der Waals surface area contributed by atoms with Crippen LogP contribution in [-0.4, -0.2) is 30.4 Å². The Balaban J connectivity index is 1.84. The second-order valence-corrected chi connectivity index (χ2v) is 6.94. The minimum Gasteiger partial charge on any atom is -0.369 e. The summed E-state index contributed by atoms with van der Waals surface area (Å²) in [6, 6.07) is 0.0859. The first-order chi connectivity index (χ1) is 9.40. The lowest BCUT2D eigenvalue weighted by molar-refractivity contribution is -0.127. The average molecular weight is 281 g/mol. The molecule has 0 aromatic rings. The first-order valence-corrected chi connectivity index (χ1v) is 7.73. The molecule has 114 valence electrons. The summed E-state index contributed by atoms with van der Waals surface area (Å²) in [6.07, 6.45) is 5.50. The van der Waals surface area contributed by atoms with Gasteiger partial charge in [-0.15, -0.1) is 0 Å². The number of hydrogen-bond donors (Lipinski definition) is 3. The molecule has 1 heterocycles. The van der Waals surface area contributed by atoms with Crippen LogP contribution in [0.15, 0.2) is 0 Å². The lowest BCUT2D eigenvalue weighted by atomic mass is 9.77. The van der Waals surface area contributed by atoms with Crippen molar-refractivity contribution in [3.8, 4) is 0 Å². The molecule has 0 aromatic carbocycles. The van der Waals surface area contributed by atoms with E-state index in [9.17, 15) is 9.59 Å². The van der Waals surface area contributed by atoms with E-state index in [-0.39, 0.29) is 35.2 Å². The lowest BCUT2D eigenvalue weighted by Gasteiger charge is -2.39. The second kappa shape index (κ2) is 6.12. The molecule has 0 aromatic heterocycles. The molecule has 1 unspecified atom stereocenters. The lowest BCUT2D eigenvalue weighted by Crippen LogP contribution is -2.57. The van der Waals surface area contributed by atoms with Crippen LogP contribution in [0.2, 0.25) is 0 Å². The van der Waals surface area contributed by atoms with Gasteiger partial charge in [-0.2, -0.15) is 0 Å². The molecule has 2 amide bonds. The van der Waals surface area contributed by atoms with E-state index in [1.807, 2.05) is 0 Å². The molecule has 20 heavy (non-hydrogen) atoms. The third kappa shape index (κ3) is 3.51. The number of hydrogen-bond acceptors (Lipinski definition) is 3. The van der Waals surface area contributed by atoms with Crippen LogP contribution in [0.5, 0.6) is 0 Å². The fourth-order valence-corrected chi connectivity index (χ4v) is 3.47. The monoisotopic (exact) mass is 281 g/mol. The SMILES string of the molecule is CC1(C)CCCNC1C(=O)NC1CCC(C(N)=O)CC1. The van der Waals surface area contributed by atoms with E-state index in [0.717, 1.165) is 45.1 Å². The van der Waals surface area contributed by atoms with E-state index in [1.165, 1.54) is 0 Å². The van der Waals surface area contributed by atoms with Gasteiger partial charge in [0.25, 0.3) is 0 Å². The topological polar surface area (TPSA) is 84.2 Å². The minimum absolute atomic E-state index is 0.00671. The summed E-state index contributed by atoms with van der Waals surface area (Å²) in [7, 11) is 0. The average Bonchev–Trinajstić information content (AvgIpc) is 2.38. The summed E-state index contributed by atoms with van der Waals surface area (Å²) < 4.78 is 0. The van der Waals surface area contributed by atoms with Crippen LogP contribution in [0.1, 0.15) is 52.4 Å². The molecule has 0 bridgehead atoms. The Bertz CT molecular complexity index is 373. The first kappa shape index (κ1) is 15.3. The van der Waals surface area contributed by atoms with Crippen molar-refractivity contribution >= 4 is 11.8 Å². The third-order valence-corrected chi connectivity index (χ3v) is 4.87. The summed E-state index contributed by atoms with van der Waals surface area (Å²) in [5, 5.41) is 6.49. The quantitative estimate of drug-likeness (QED) is 0.719. The predicted molar refractivity (Wildman–Crippen MR) is 77.9 cm³/mol. The van der Waals surface area contributed by atoms with Crippen molar-refractivity contribution in [2.24, 2.45) is 17.1 Å². The number of nitrogens with two attached hydrogens (primary N) is 1. The fraction of sp³-hybridized carbons (Fsp3) is 0.867. The third-order valence-electron chi connectivity index (χ3n) is 4.87. The Morgan fingerprint density at radius 2 is 1.85 bits per heavy atom. The van der Waals surface area contributed by atoms with Gasteiger partial charge in [-0.25, -0.2) is 0 Å². The highest BCUT2D eigenvalue weighted by Gasteiger charge is 2.38. The fourth-order valence-electron chi connectivity index (χ4n) is 3.47. The smallest absolute Gasteiger partial charge is 0.237 e. The summed E-state index contributed by atoms with van der Waals surface area (Å²) in [6.45, 7) is 5.21. The molecule has 0 radical (unpaired) electrons. The molecule has 1 saturated heterocycles. The van der Waals surface area contributed by atoms with Crippen LogP contribution in [0, 0.1) is 11.3 Å². The summed E-state index contributed by atoms with van der Waals surface area (Å²) in [4.78, 5) is 23.6. The maximum atomic E-state index is 12.4. The molecule has 5 heteroatoms. The molecule has 2 aliphatic rings. The highest BCUT2D eigenvalue weighted by atomic mass is 16.2. The zero-order valence-corrected chi connectivity index (χ0v) is 12.6. The summed E-state index contributed by atoms with van der Waals surface area (Å²) in [5.74, 6) is -0.102. The van der Waals surface area contributed by atoms with Crippen molar-refractivity contribution in [2.75, 3.05) is 6.54 Å². The minimum atomic E-state index is -0.204. The van der Waals surface area contributed by atoms with Crippen molar-refractivity contribution in [1.29, 1.82) is 0 Å². The zero-order chi connectivity index (χ0) is 14.8. The van der Waals surface area contributed by atoms with Gasteiger partial charge in [-0.3, -0.25) is 9.59 Å². The first-order valence-electron chi connectivity index (χ1n) is 7.73. The van der Waals surface area contributed by atoms with Gasteiger partial charge in [-0.1, -0.05) is 13.8 Å². The molecular formula is C15H27N3O2. The number of carbonyl (C=O) groups is 2. The van der Waals surface area contributed by atoms with Gasteiger partial charge in [0.1, 0.15) is 0 Å². The zero-order valence-electron chi connectivity index (χ0n) is 12.6. The normalized spacial score (nSPS) is 33.4. The van der Waals surface area contributed by atoms with Crippen molar-refractivity contribution in [1.82, 2.24) is 10.6 Å². The Morgan fingerprint density at radius 1 is 1.20 bits per heavy atom. The van der Waals surface area contributed by atoms with Crippen LogP contribution in [0.3, 0.4) is 0 Å². The van der Waals surface area contributed by atoms with Crippen LogP contribution >= 0.6 is 0 Å². The number of nitrogens with one attached hydrogen (secondary N) is 2. The van der Waals surface area contributed by atoms with Crippen molar-refractivity contribution in [3.05, 3.63) is 0 Å². The largest absolute Gasteiger partial charge is 0.369 e. The van der Waals surface area contributed by atoms with E-state index in [0.29, 0.717) is 0 Å². The second-order valence-electron chi connectivity index (χ2n) is 6.94. The van der Waals surface area contributed by atoms with Gasteiger partial charge < -0.3 is 16.4 Å². The van der Waals surface area contributed by atoms with Crippen molar-refractivity contribution in [3.63, 3.8) is 0 Å². The van der Waals surface area contributed by atoms with Crippen LogP contribution < -0.4 is 16.4 Å². The van der Waals surface area contributed by atoms with Gasteiger partial charge in [0.15, 0.2) is 0 Å². The number of amides is 2. The molecule has 1 atom stereocenters. The Labute approximate surface area is 121 Å². The maximum absolute atomic E-state index is 12.4. The van der Waals surface area contributed by atoms with Gasteiger partial charge >= 0.3 is 0 Å². The molecular weight excluding hydrogens is 254 g/mol. The maximum Gasteiger partial charge on any atom is 0.237 e. The summed E-state index contributed by atoms with van der Waals surface area (Å²) >= 11 is 0. The molecule has 5 nitrogen and oxygen atoms in total. The van der Waals surface area contributed by atoms with Gasteiger partial charge in [-0.05, 0) is 50.5 Å². The summed E-state index contributed by atoms with van der Waals surface area (Å²) in [5.41, 5.74) is 5.34. The van der Waals surface area contributed by atoms with Gasteiger partial charge in [0, 0.05) is 12.0 Å². The Hall–Kier alpha value is -1.10. The van der Waals surface area contributed by atoms with Gasteiger partial charge in [0.05, 0.1) is 6.04 Å². The molecule has 1 aliphatic carbocycles. The molecule has 2 fully saturated rings. The number of rotatable bonds is 3. The standard InChI is InChI=1S/C15H27N3O2/c1-15(2)8-3-9-17-12(15)14(20)18-11-6-4-10(5-7-11)13(16)19/h10-12,17H,3-9H2,1-2H3,(H2,16,19)(H,18,20). The van der Waals surface area contributed by atoms with E-state index in [2.05, 4.69) is 24.5 Å². The van der Waals surface area contributed by atoms with Crippen molar-refractivity contribution in [2.45, 2.75) is 64.5 Å². The van der Waals surface area contributed by atoms with E-state index in [4.69, 9.17) is 5.73 Å². The van der Waals surface area contributed by atoms with Crippen LogP contribution in [0.4, 0.5) is 0 Å². The highest BCUT2D eigenvalue weighted by Crippen LogP contribution is 2.31.